The number of hydrogen-bond acceptors (Lipinski definition) is 4. The van der Waals surface area contributed by atoms with Crippen molar-refractivity contribution in [2.75, 3.05) is 18.9 Å². The van der Waals surface area contributed by atoms with E-state index in [1.807, 2.05) is 19.1 Å². The van der Waals surface area contributed by atoms with Gasteiger partial charge in [0.15, 0.2) is 0 Å². The number of nitrogens with one attached hydrogen (secondary N) is 1. The Hall–Kier alpha value is -1.88. The number of aldehydes is 1. The van der Waals surface area contributed by atoms with Crippen molar-refractivity contribution in [3.8, 4) is 0 Å². The topological polar surface area (TPSA) is 92.4 Å². The van der Waals surface area contributed by atoms with Crippen LogP contribution in [0.1, 0.15) is 30.9 Å². The lowest BCUT2D eigenvalue weighted by Crippen LogP contribution is -2.11. The quantitative estimate of drug-likeness (QED) is 0.434. The Kier molecular flexibility index (Phi) is 15.5. The van der Waals surface area contributed by atoms with Crippen molar-refractivity contribution in [3.63, 3.8) is 0 Å². The molecule has 20 heavy (non-hydrogen) atoms. The molecular weight excluding hydrogens is 256 g/mol. The molecular formula is C15H26N2O3. The largest absolute Gasteiger partial charge is 0.399 e. The first-order chi connectivity index (χ1) is 9.53. The average molecular weight is 282 g/mol. The van der Waals surface area contributed by atoms with Crippen LogP contribution in [0.2, 0.25) is 0 Å². The number of hydrogen-bond donors (Lipinski definition) is 3. The fraction of sp³-hybridized carbons (Fsp3) is 0.467. The van der Waals surface area contributed by atoms with Gasteiger partial charge in [-0.25, -0.2) is 0 Å². The van der Waals surface area contributed by atoms with Crippen molar-refractivity contribution >= 4 is 18.4 Å². The number of benzene rings is 1. The Morgan fingerprint density at radius 3 is 2.30 bits per heavy atom. The standard InChI is InChI=1S/C8H11N.C5H9NO2.C2H6O/c1-6-3-4-8(9)7(2)5-6;7-4-2-1-3-6-5-8;1-2-3/h3-5H,9H2,1-2H3;4-5H,1-3H2,(H,6,8);3H,2H2,1H3. The first-order valence-electron chi connectivity index (χ1n) is 6.57. The van der Waals surface area contributed by atoms with Crippen molar-refractivity contribution in [3.05, 3.63) is 29.3 Å². The van der Waals surface area contributed by atoms with Crippen LogP contribution >= 0.6 is 0 Å². The molecule has 0 fully saturated rings. The highest BCUT2D eigenvalue weighted by molar-refractivity contribution is 5.49. The predicted octanol–water partition coefficient (Wildman–Crippen LogP) is 1.60. The second kappa shape index (κ2) is 15.2. The molecule has 5 heteroatoms. The number of unbranched alkanes of at least 4 members (excludes halogenated alkanes) is 1. The minimum Gasteiger partial charge on any atom is -0.399 e. The summed E-state index contributed by atoms with van der Waals surface area (Å²) in [5.41, 5.74) is 8.89. The van der Waals surface area contributed by atoms with Gasteiger partial charge in [-0.1, -0.05) is 17.7 Å². The lowest BCUT2D eigenvalue weighted by molar-refractivity contribution is -0.110. The van der Waals surface area contributed by atoms with Gasteiger partial charge in [0.05, 0.1) is 0 Å². The second-order valence-electron chi connectivity index (χ2n) is 4.06. The summed E-state index contributed by atoms with van der Waals surface area (Å²) in [4.78, 5) is 19.2. The summed E-state index contributed by atoms with van der Waals surface area (Å²) in [7, 11) is 0. The van der Waals surface area contributed by atoms with Crippen LogP contribution in [0.3, 0.4) is 0 Å². The molecule has 0 bridgehead atoms. The first kappa shape index (κ1) is 20.4. The molecule has 5 nitrogen and oxygen atoms in total. The van der Waals surface area contributed by atoms with Crippen LogP contribution in [0.15, 0.2) is 18.2 Å². The zero-order chi connectivity index (χ0) is 15.8. The van der Waals surface area contributed by atoms with Gasteiger partial charge in [-0.2, -0.15) is 0 Å². The van der Waals surface area contributed by atoms with Gasteiger partial charge in [-0.3, -0.25) is 4.79 Å². The van der Waals surface area contributed by atoms with Crippen molar-refractivity contribution in [1.29, 1.82) is 0 Å². The summed E-state index contributed by atoms with van der Waals surface area (Å²) in [6.07, 6.45) is 2.74. The summed E-state index contributed by atoms with van der Waals surface area (Å²) in [5, 5.41) is 10.0. The van der Waals surface area contributed by atoms with Crippen molar-refractivity contribution < 1.29 is 14.7 Å². The summed E-state index contributed by atoms with van der Waals surface area (Å²) in [6, 6.07) is 6.03. The molecule has 0 saturated carbocycles. The van der Waals surface area contributed by atoms with E-state index >= 15 is 0 Å². The van der Waals surface area contributed by atoms with Crippen LogP contribution in [-0.4, -0.2) is 31.0 Å². The zero-order valence-electron chi connectivity index (χ0n) is 12.6. The van der Waals surface area contributed by atoms with E-state index in [0.29, 0.717) is 19.4 Å². The molecule has 1 rings (SSSR count). The molecule has 0 aliphatic carbocycles. The lowest BCUT2D eigenvalue weighted by Gasteiger charge is -1.98. The van der Waals surface area contributed by atoms with Crippen LogP contribution in [0.4, 0.5) is 5.69 Å². The van der Waals surface area contributed by atoms with Crippen LogP contribution in [-0.2, 0) is 9.59 Å². The summed E-state index contributed by atoms with van der Waals surface area (Å²) < 4.78 is 0. The molecule has 114 valence electrons. The molecule has 0 spiro atoms. The summed E-state index contributed by atoms with van der Waals surface area (Å²) in [5.74, 6) is 0. The van der Waals surface area contributed by atoms with E-state index < -0.39 is 0 Å². The number of carbonyl (C=O) groups is 2. The lowest BCUT2D eigenvalue weighted by atomic mass is 10.1. The highest BCUT2D eigenvalue weighted by Crippen LogP contribution is 2.10. The second-order valence-corrected chi connectivity index (χ2v) is 4.06. The number of nitrogens with two attached hydrogens (primary N) is 1. The average Bonchev–Trinajstić information content (AvgIpc) is 2.41. The van der Waals surface area contributed by atoms with Gasteiger partial charge < -0.3 is 21.0 Å². The molecule has 1 aromatic carbocycles. The Labute approximate surface area is 121 Å². The van der Waals surface area contributed by atoms with E-state index in [9.17, 15) is 9.59 Å². The molecule has 0 radical (unpaired) electrons. The molecule has 0 aromatic heterocycles. The maximum absolute atomic E-state index is 9.65. The zero-order valence-corrected chi connectivity index (χ0v) is 12.6. The molecule has 0 unspecified atom stereocenters. The SMILES string of the molecule is CCO.Cc1ccc(N)c(C)c1.O=CCCCNC=O. The molecule has 1 aromatic rings. The maximum atomic E-state index is 9.65. The number of nitrogen functional groups attached to an aromatic ring is 1. The van der Waals surface area contributed by atoms with Gasteiger partial charge >= 0.3 is 0 Å². The number of amides is 1. The third-order valence-corrected chi connectivity index (χ3v) is 2.15. The Morgan fingerprint density at radius 1 is 1.30 bits per heavy atom. The summed E-state index contributed by atoms with van der Waals surface area (Å²) in [6.45, 7) is 6.61. The Bertz CT molecular complexity index is 358. The minimum atomic E-state index is 0.250. The minimum absolute atomic E-state index is 0.250. The molecule has 0 aliphatic heterocycles. The molecule has 0 atom stereocenters. The molecule has 1 amide bonds. The van der Waals surface area contributed by atoms with Crippen LogP contribution in [0.25, 0.3) is 0 Å². The maximum Gasteiger partial charge on any atom is 0.207 e. The van der Waals surface area contributed by atoms with Crippen LogP contribution in [0.5, 0.6) is 0 Å². The number of anilines is 1. The van der Waals surface area contributed by atoms with Gasteiger partial charge in [-0.15, -0.1) is 0 Å². The first-order valence-corrected chi connectivity index (χ1v) is 6.57. The van der Waals surface area contributed by atoms with Crippen molar-refractivity contribution in [2.45, 2.75) is 33.6 Å². The predicted molar refractivity (Wildman–Crippen MR) is 82.5 cm³/mol. The van der Waals surface area contributed by atoms with E-state index in [0.717, 1.165) is 24.0 Å². The molecule has 0 aliphatic rings. The van der Waals surface area contributed by atoms with Crippen LogP contribution < -0.4 is 11.1 Å². The van der Waals surface area contributed by atoms with E-state index in [2.05, 4.69) is 18.3 Å². The third-order valence-electron chi connectivity index (χ3n) is 2.15. The number of aliphatic hydroxyl groups excluding tert-OH is 1. The third kappa shape index (κ3) is 14.2. The fourth-order valence-corrected chi connectivity index (χ4v) is 1.17. The normalized spacial score (nSPS) is 8.40. The van der Waals surface area contributed by atoms with Gasteiger partial charge in [0.2, 0.25) is 6.41 Å². The summed E-state index contributed by atoms with van der Waals surface area (Å²) >= 11 is 0. The number of rotatable bonds is 5. The number of aliphatic hydroxyl groups is 1. The van der Waals surface area contributed by atoms with Crippen LogP contribution in [0, 0.1) is 13.8 Å². The van der Waals surface area contributed by atoms with E-state index in [1.54, 1.807) is 6.92 Å². The number of carbonyl (C=O) groups excluding carboxylic acids is 2. The fourth-order valence-electron chi connectivity index (χ4n) is 1.17. The van der Waals surface area contributed by atoms with Gasteiger partial charge in [-0.05, 0) is 38.8 Å². The number of aryl methyl sites for hydroxylation is 2. The molecule has 0 heterocycles. The Balaban J connectivity index is 0. The monoisotopic (exact) mass is 282 g/mol. The van der Waals surface area contributed by atoms with Crippen molar-refractivity contribution in [2.24, 2.45) is 0 Å². The van der Waals surface area contributed by atoms with E-state index in [4.69, 9.17) is 10.8 Å². The molecule has 4 N–H and O–H groups in total. The smallest absolute Gasteiger partial charge is 0.207 e. The highest BCUT2D eigenvalue weighted by atomic mass is 16.2. The molecule has 0 saturated heterocycles. The van der Waals surface area contributed by atoms with Gasteiger partial charge in [0.1, 0.15) is 6.29 Å². The Morgan fingerprint density at radius 2 is 1.90 bits per heavy atom. The van der Waals surface area contributed by atoms with E-state index in [-0.39, 0.29) is 6.61 Å². The van der Waals surface area contributed by atoms with Gasteiger partial charge in [0, 0.05) is 25.3 Å². The highest BCUT2D eigenvalue weighted by Gasteiger charge is 1.89. The van der Waals surface area contributed by atoms with E-state index in [1.165, 1.54) is 5.56 Å². The van der Waals surface area contributed by atoms with Gasteiger partial charge in [0.25, 0.3) is 0 Å². The van der Waals surface area contributed by atoms with Crippen molar-refractivity contribution in [1.82, 2.24) is 5.32 Å².